The number of nitrogens with zero attached hydrogens (tertiary/aromatic N) is 2. The lowest BCUT2D eigenvalue weighted by Gasteiger charge is -2.50. The summed E-state index contributed by atoms with van der Waals surface area (Å²) in [4.78, 5) is 17.7. The lowest BCUT2D eigenvalue weighted by atomic mass is 9.75. The van der Waals surface area contributed by atoms with Crippen molar-refractivity contribution >= 4 is 28.7 Å². The van der Waals surface area contributed by atoms with Gasteiger partial charge in [-0.1, -0.05) is 11.6 Å². The summed E-state index contributed by atoms with van der Waals surface area (Å²) in [7, 11) is 6.32. The predicted molar refractivity (Wildman–Crippen MR) is 86.0 cm³/mol. The van der Waals surface area contributed by atoms with E-state index in [1.807, 2.05) is 20.0 Å². The number of likely N-dealkylation sites (N-methyl/N-ethyl adjacent to an activating group) is 2. The molecular weight excluding hydrogens is 292 g/mol. The van der Waals surface area contributed by atoms with Gasteiger partial charge in [0.15, 0.2) is 5.78 Å². The molecule has 112 valence electrons. The molecule has 0 N–H and O–H groups in total. The van der Waals surface area contributed by atoms with Crippen LogP contribution in [0, 0.1) is 0 Å². The van der Waals surface area contributed by atoms with Crippen molar-refractivity contribution in [2.45, 2.75) is 37.8 Å². The van der Waals surface area contributed by atoms with Crippen LogP contribution in [0.15, 0.2) is 12.1 Å². The van der Waals surface area contributed by atoms with Crippen LogP contribution in [0.3, 0.4) is 0 Å². The second-order valence-electron chi connectivity index (χ2n) is 6.03. The van der Waals surface area contributed by atoms with E-state index in [1.54, 1.807) is 6.07 Å². The summed E-state index contributed by atoms with van der Waals surface area (Å²) in [5.41, 5.74) is 0.246. The van der Waals surface area contributed by atoms with Gasteiger partial charge in [-0.25, -0.2) is 0 Å². The fraction of sp³-hybridized carbons (Fsp3) is 0.667. The molecule has 5 heteroatoms. The van der Waals surface area contributed by atoms with Crippen molar-refractivity contribution in [2.24, 2.45) is 0 Å². The highest BCUT2D eigenvalue weighted by atomic mass is 35.5. The highest BCUT2D eigenvalue weighted by Gasteiger charge is 2.41. The van der Waals surface area contributed by atoms with E-state index >= 15 is 0 Å². The molecule has 0 saturated heterocycles. The summed E-state index contributed by atoms with van der Waals surface area (Å²) in [6.07, 6.45) is 3.72. The van der Waals surface area contributed by atoms with Crippen LogP contribution in [-0.4, -0.2) is 54.9 Å². The smallest absolute Gasteiger partial charge is 0.189 e. The van der Waals surface area contributed by atoms with Crippen LogP contribution in [0.25, 0.3) is 0 Å². The van der Waals surface area contributed by atoms with E-state index < -0.39 is 0 Å². The predicted octanol–water partition coefficient (Wildman–Crippen LogP) is 3.39. The van der Waals surface area contributed by atoms with E-state index in [9.17, 15) is 4.79 Å². The Labute approximate surface area is 130 Å². The first-order valence-electron chi connectivity index (χ1n) is 7.03. The third-order valence-electron chi connectivity index (χ3n) is 4.63. The Balaban J connectivity index is 2.01. The molecule has 1 heterocycles. The highest BCUT2D eigenvalue weighted by molar-refractivity contribution is 7.18. The molecule has 1 unspecified atom stereocenters. The van der Waals surface area contributed by atoms with E-state index in [0.717, 1.165) is 11.4 Å². The van der Waals surface area contributed by atoms with Gasteiger partial charge < -0.3 is 4.90 Å². The summed E-state index contributed by atoms with van der Waals surface area (Å²) >= 11 is 7.28. The van der Waals surface area contributed by atoms with E-state index in [1.165, 1.54) is 30.6 Å². The fourth-order valence-corrected chi connectivity index (χ4v) is 3.85. The fourth-order valence-electron chi connectivity index (χ4n) is 2.79. The van der Waals surface area contributed by atoms with Crippen molar-refractivity contribution in [2.75, 3.05) is 27.7 Å². The van der Waals surface area contributed by atoms with Gasteiger partial charge in [0.2, 0.25) is 0 Å². The molecular formula is C15H23ClN2OS. The average Bonchev–Trinajstić information content (AvgIpc) is 2.77. The first-order valence-corrected chi connectivity index (χ1v) is 8.22. The minimum atomic E-state index is -0.109. The van der Waals surface area contributed by atoms with Crippen molar-refractivity contribution in [3.8, 4) is 0 Å². The zero-order chi connectivity index (χ0) is 14.9. The standard InChI is InChI=1S/C15H23ClN2OS/c1-11(14(19)12-6-7-13(16)20-12)18(4)10-15(17(2)3)8-5-9-15/h6-7,11H,5,8-10H2,1-4H3. The molecule has 1 aliphatic rings. The minimum Gasteiger partial charge on any atom is -0.302 e. The Hall–Kier alpha value is -0.420. The topological polar surface area (TPSA) is 23.6 Å². The Morgan fingerprint density at radius 2 is 2.05 bits per heavy atom. The van der Waals surface area contributed by atoms with E-state index in [4.69, 9.17) is 11.6 Å². The number of carbonyl (C=O) groups is 1. The van der Waals surface area contributed by atoms with Gasteiger partial charge in [-0.05, 0) is 59.5 Å². The van der Waals surface area contributed by atoms with E-state index in [-0.39, 0.29) is 17.4 Å². The molecule has 20 heavy (non-hydrogen) atoms. The molecule has 0 bridgehead atoms. The van der Waals surface area contributed by atoms with Crippen LogP contribution in [0.4, 0.5) is 0 Å². The number of Topliss-reactive ketones (excluding diaryl/α,β-unsaturated/α-hetero) is 1. The van der Waals surface area contributed by atoms with Crippen molar-refractivity contribution in [1.82, 2.24) is 9.80 Å². The van der Waals surface area contributed by atoms with Crippen LogP contribution in [-0.2, 0) is 0 Å². The number of halogens is 1. The molecule has 1 aliphatic carbocycles. The second kappa shape index (κ2) is 6.14. The van der Waals surface area contributed by atoms with Gasteiger partial charge in [-0.2, -0.15) is 0 Å². The number of hydrogen-bond donors (Lipinski definition) is 0. The van der Waals surface area contributed by atoms with Gasteiger partial charge in [-0.3, -0.25) is 9.69 Å². The zero-order valence-corrected chi connectivity index (χ0v) is 14.2. The summed E-state index contributed by atoms with van der Waals surface area (Å²) in [6, 6.07) is 3.51. The Morgan fingerprint density at radius 3 is 2.45 bits per heavy atom. The van der Waals surface area contributed by atoms with Gasteiger partial charge in [0, 0.05) is 12.1 Å². The van der Waals surface area contributed by atoms with Gasteiger partial charge in [0.1, 0.15) is 0 Å². The van der Waals surface area contributed by atoms with Crippen LogP contribution in [0.1, 0.15) is 35.9 Å². The molecule has 1 fully saturated rings. The van der Waals surface area contributed by atoms with Crippen molar-refractivity contribution in [3.05, 3.63) is 21.3 Å². The maximum atomic E-state index is 12.5. The van der Waals surface area contributed by atoms with Crippen molar-refractivity contribution < 1.29 is 4.79 Å². The van der Waals surface area contributed by atoms with Crippen LogP contribution >= 0.6 is 22.9 Å². The zero-order valence-electron chi connectivity index (χ0n) is 12.6. The number of carbonyl (C=O) groups excluding carboxylic acids is 1. The molecule has 0 amide bonds. The maximum Gasteiger partial charge on any atom is 0.189 e. The number of ketones is 1. The maximum absolute atomic E-state index is 12.5. The monoisotopic (exact) mass is 314 g/mol. The quantitative estimate of drug-likeness (QED) is 0.752. The number of thiophene rings is 1. The average molecular weight is 315 g/mol. The molecule has 1 aromatic rings. The Bertz CT molecular complexity index is 482. The minimum absolute atomic E-state index is 0.109. The Kier molecular flexibility index (Phi) is 4.90. The molecule has 0 radical (unpaired) electrons. The third kappa shape index (κ3) is 3.08. The largest absolute Gasteiger partial charge is 0.302 e. The number of hydrogen-bond acceptors (Lipinski definition) is 4. The van der Waals surface area contributed by atoms with Crippen LogP contribution in [0.2, 0.25) is 4.34 Å². The first kappa shape index (κ1) is 16.0. The third-order valence-corrected chi connectivity index (χ3v) is 5.88. The lowest BCUT2D eigenvalue weighted by molar-refractivity contribution is 0.0187. The van der Waals surface area contributed by atoms with Crippen LogP contribution in [0.5, 0.6) is 0 Å². The second-order valence-corrected chi connectivity index (χ2v) is 7.75. The van der Waals surface area contributed by atoms with Gasteiger partial charge in [0.25, 0.3) is 0 Å². The van der Waals surface area contributed by atoms with E-state index in [2.05, 4.69) is 23.9 Å². The molecule has 1 saturated carbocycles. The number of rotatable bonds is 6. The molecule has 0 aliphatic heterocycles. The van der Waals surface area contributed by atoms with Gasteiger partial charge in [0.05, 0.1) is 15.3 Å². The Morgan fingerprint density at radius 1 is 1.40 bits per heavy atom. The molecule has 1 atom stereocenters. The molecule has 0 aromatic carbocycles. The lowest BCUT2D eigenvalue weighted by Crippen LogP contribution is -2.58. The molecule has 2 rings (SSSR count). The van der Waals surface area contributed by atoms with Gasteiger partial charge >= 0.3 is 0 Å². The van der Waals surface area contributed by atoms with Crippen molar-refractivity contribution in [3.63, 3.8) is 0 Å². The summed E-state index contributed by atoms with van der Waals surface area (Å²) < 4.78 is 0.673. The molecule has 1 aromatic heterocycles. The molecule has 3 nitrogen and oxygen atoms in total. The summed E-state index contributed by atoms with van der Waals surface area (Å²) in [5, 5.41) is 0. The van der Waals surface area contributed by atoms with Gasteiger partial charge in [-0.15, -0.1) is 11.3 Å². The SMILES string of the molecule is CC(C(=O)c1ccc(Cl)s1)N(C)CC1(N(C)C)CCC1. The molecule has 0 spiro atoms. The summed E-state index contributed by atoms with van der Waals surface area (Å²) in [6.45, 7) is 2.92. The van der Waals surface area contributed by atoms with Crippen LogP contribution < -0.4 is 0 Å². The van der Waals surface area contributed by atoms with Crippen molar-refractivity contribution in [1.29, 1.82) is 0 Å². The first-order chi connectivity index (χ1) is 9.35. The summed E-state index contributed by atoms with van der Waals surface area (Å²) in [5.74, 6) is 0.164. The highest BCUT2D eigenvalue weighted by Crippen LogP contribution is 2.37. The van der Waals surface area contributed by atoms with E-state index in [0.29, 0.717) is 4.34 Å². The normalized spacial score (nSPS) is 19.1.